The average Bonchev–Trinajstić information content (AvgIpc) is 3.36. The molecule has 0 aliphatic carbocycles. The number of rotatable bonds is 8. The normalized spacial score (nSPS) is 11.6. The zero-order chi connectivity index (χ0) is 23.9. The van der Waals surface area contributed by atoms with Crippen molar-refractivity contribution in [2.24, 2.45) is 0 Å². The Morgan fingerprint density at radius 2 is 1.74 bits per heavy atom. The van der Waals surface area contributed by atoms with Gasteiger partial charge in [0.2, 0.25) is 5.91 Å². The molecule has 2 N–H and O–H groups in total. The Labute approximate surface area is 198 Å². The molecule has 172 valence electrons. The number of aromatic nitrogens is 2. The number of hydrogen-bond donors (Lipinski definition) is 2. The largest absolute Gasteiger partial charge is 0.355 e. The molecule has 2 amide bonds. The third-order valence-corrected chi connectivity index (χ3v) is 5.63. The zero-order valence-corrected chi connectivity index (χ0v) is 19.1. The first-order valence-electron chi connectivity index (χ1n) is 11.1. The third kappa shape index (κ3) is 5.75. The lowest BCUT2D eigenvalue weighted by Gasteiger charge is -2.18. The van der Waals surface area contributed by atoms with Crippen LogP contribution in [0, 0.1) is 13.8 Å². The van der Waals surface area contributed by atoms with E-state index < -0.39 is 11.9 Å². The second-order valence-electron chi connectivity index (χ2n) is 8.17. The van der Waals surface area contributed by atoms with Gasteiger partial charge in [0.15, 0.2) is 11.5 Å². The number of carbonyl (C=O) groups excluding carboxylic acids is 2. The standard InChI is InChI=1S/C27H26N4O3/c1-18-10-11-22(13-19(18)2)25-15-24(31-34-25)27(33)30-23(14-20-7-4-3-5-8-20)26(32)29-17-21-9-6-12-28-16-21/h3-13,15-16,23H,14,17H2,1-2H3,(H,29,32)(H,30,33)/t23-/m1/s1. The number of amides is 2. The molecule has 0 aliphatic heterocycles. The van der Waals surface area contributed by atoms with Crippen molar-refractivity contribution in [3.63, 3.8) is 0 Å². The molecule has 0 spiro atoms. The molecular formula is C27H26N4O3. The first kappa shape index (κ1) is 22.9. The van der Waals surface area contributed by atoms with Gasteiger partial charge in [0.1, 0.15) is 6.04 Å². The van der Waals surface area contributed by atoms with Crippen molar-refractivity contribution in [3.8, 4) is 11.3 Å². The molecule has 0 radical (unpaired) electrons. The van der Waals surface area contributed by atoms with Crippen LogP contribution in [0.15, 0.2) is 83.6 Å². The number of hydrogen-bond acceptors (Lipinski definition) is 5. The van der Waals surface area contributed by atoms with Crippen LogP contribution in [0.1, 0.15) is 32.7 Å². The summed E-state index contributed by atoms with van der Waals surface area (Å²) in [5.41, 5.74) is 5.04. The zero-order valence-electron chi connectivity index (χ0n) is 19.1. The Bertz CT molecular complexity index is 1270. The van der Waals surface area contributed by atoms with Crippen LogP contribution in [0.25, 0.3) is 11.3 Å². The van der Waals surface area contributed by atoms with Gasteiger partial charge in [-0.25, -0.2) is 0 Å². The van der Waals surface area contributed by atoms with Crippen LogP contribution in [0.4, 0.5) is 0 Å². The average molecular weight is 455 g/mol. The fraction of sp³-hybridized carbons (Fsp3) is 0.185. The summed E-state index contributed by atoms with van der Waals surface area (Å²) in [7, 11) is 0. The first-order valence-corrected chi connectivity index (χ1v) is 11.1. The van der Waals surface area contributed by atoms with Crippen LogP contribution < -0.4 is 10.6 Å². The highest BCUT2D eigenvalue weighted by Gasteiger charge is 2.24. The van der Waals surface area contributed by atoms with Crippen molar-refractivity contribution in [2.45, 2.75) is 32.9 Å². The molecule has 0 fully saturated rings. The fourth-order valence-corrected chi connectivity index (χ4v) is 3.52. The van der Waals surface area contributed by atoms with Gasteiger partial charge in [0, 0.05) is 37.0 Å². The van der Waals surface area contributed by atoms with Crippen LogP contribution in [0.2, 0.25) is 0 Å². The van der Waals surface area contributed by atoms with E-state index in [4.69, 9.17) is 4.52 Å². The Morgan fingerprint density at radius 1 is 0.941 bits per heavy atom. The SMILES string of the molecule is Cc1ccc(-c2cc(C(=O)N[C@H](Cc3ccccc3)C(=O)NCc3cccnc3)no2)cc1C. The third-order valence-electron chi connectivity index (χ3n) is 5.63. The van der Waals surface area contributed by atoms with Crippen molar-refractivity contribution in [1.82, 2.24) is 20.8 Å². The van der Waals surface area contributed by atoms with Gasteiger partial charge < -0.3 is 15.2 Å². The van der Waals surface area contributed by atoms with Crippen molar-refractivity contribution in [2.75, 3.05) is 0 Å². The number of aryl methyl sites for hydroxylation is 2. The molecular weight excluding hydrogens is 428 g/mol. The van der Waals surface area contributed by atoms with Crippen LogP contribution in [0.5, 0.6) is 0 Å². The molecule has 1 atom stereocenters. The highest BCUT2D eigenvalue weighted by atomic mass is 16.5. The second kappa shape index (κ2) is 10.6. The molecule has 0 unspecified atom stereocenters. The Hall–Kier alpha value is -4.26. The van der Waals surface area contributed by atoms with E-state index in [1.165, 1.54) is 5.56 Å². The van der Waals surface area contributed by atoms with Crippen LogP contribution >= 0.6 is 0 Å². The van der Waals surface area contributed by atoms with Gasteiger partial charge >= 0.3 is 0 Å². The molecule has 4 aromatic rings. The fourth-order valence-electron chi connectivity index (χ4n) is 3.52. The maximum atomic E-state index is 13.0. The van der Waals surface area contributed by atoms with Crippen molar-refractivity contribution < 1.29 is 14.1 Å². The molecule has 2 heterocycles. The van der Waals surface area contributed by atoms with Gasteiger partial charge in [-0.2, -0.15) is 0 Å². The van der Waals surface area contributed by atoms with E-state index in [1.807, 2.05) is 74.5 Å². The first-order chi connectivity index (χ1) is 16.5. The molecule has 0 saturated carbocycles. The Kier molecular flexibility index (Phi) is 7.13. The molecule has 7 nitrogen and oxygen atoms in total. The topological polar surface area (TPSA) is 97.1 Å². The van der Waals surface area contributed by atoms with Gasteiger partial charge in [0.05, 0.1) is 0 Å². The molecule has 7 heteroatoms. The molecule has 2 aromatic heterocycles. The lowest BCUT2D eigenvalue weighted by atomic mass is 10.0. The second-order valence-corrected chi connectivity index (χ2v) is 8.17. The van der Waals surface area contributed by atoms with Crippen LogP contribution in [-0.4, -0.2) is 28.0 Å². The highest BCUT2D eigenvalue weighted by molar-refractivity contribution is 5.96. The van der Waals surface area contributed by atoms with E-state index in [2.05, 4.69) is 20.8 Å². The van der Waals surface area contributed by atoms with E-state index in [-0.39, 0.29) is 11.6 Å². The smallest absolute Gasteiger partial charge is 0.274 e. The van der Waals surface area contributed by atoms with Gasteiger partial charge in [-0.05, 0) is 48.2 Å². The molecule has 0 bridgehead atoms. The number of benzene rings is 2. The van der Waals surface area contributed by atoms with Gasteiger partial charge in [-0.3, -0.25) is 14.6 Å². The molecule has 0 aliphatic rings. The predicted octanol–water partition coefficient (Wildman–Crippen LogP) is 4.01. The highest BCUT2D eigenvalue weighted by Crippen LogP contribution is 2.23. The maximum absolute atomic E-state index is 13.0. The van der Waals surface area contributed by atoms with E-state index in [0.717, 1.165) is 22.3 Å². The van der Waals surface area contributed by atoms with Crippen LogP contribution in [-0.2, 0) is 17.8 Å². The van der Waals surface area contributed by atoms with E-state index in [1.54, 1.807) is 18.5 Å². The quantitative estimate of drug-likeness (QED) is 0.419. The van der Waals surface area contributed by atoms with E-state index >= 15 is 0 Å². The predicted molar refractivity (Wildman–Crippen MR) is 129 cm³/mol. The maximum Gasteiger partial charge on any atom is 0.274 e. The number of nitrogens with zero attached hydrogens (tertiary/aromatic N) is 2. The summed E-state index contributed by atoms with van der Waals surface area (Å²) in [6, 6.07) is 19.9. The summed E-state index contributed by atoms with van der Waals surface area (Å²) in [6.07, 6.45) is 3.70. The molecule has 34 heavy (non-hydrogen) atoms. The van der Waals surface area contributed by atoms with E-state index in [0.29, 0.717) is 18.7 Å². The number of carbonyl (C=O) groups is 2. The Morgan fingerprint density at radius 3 is 2.47 bits per heavy atom. The summed E-state index contributed by atoms with van der Waals surface area (Å²) in [5.74, 6) is -0.274. The van der Waals surface area contributed by atoms with Gasteiger partial charge in [-0.1, -0.05) is 53.7 Å². The van der Waals surface area contributed by atoms with Crippen molar-refractivity contribution in [3.05, 3.63) is 107 Å². The van der Waals surface area contributed by atoms with Gasteiger partial charge in [0.25, 0.3) is 5.91 Å². The molecule has 0 saturated heterocycles. The molecule has 2 aromatic carbocycles. The minimum Gasteiger partial charge on any atom is -0.355 e. The van der Waals surface area contributed by atoms with E-state index in [9.17, 15) is 9.59 Å². The number of nitrogens with one attached hydrogen (secondary N) is 2. The lowest BCUT2D eigenvalue weighted by molar-refractivity contribution is -0.123. The lowest BCUT2D eigenvalue weighted by Crippen LogP contribution is -2.47. The summed E-state index contributed by atoms with van der Waals surface area (Å²) in [5, 5.41) is 9.63. The monoisotopic (exact) mass is 454 g/mol. The number of pyridine rings is 1. The van der Waals surface area contributed by atoms with Gasteiger partial charge in [-0.15, -0.1) is 0 Å². The minimum atomic E-state index is -0.784. The Balaban J connectivity index is 1.48. The summed E-state index contributed by atoms with van der Waals surface area (Å²) in [6.45, 7) is 4.36. The van der Waals surface area contributed by atoms with Crippen LogP contribution in [0.3, 0.4) is 0 Å². The van der Waals surface area contributed by atoms with Crippen molar-refractivity contribution >= 4 is 11.8 Å². The van der Waals surface area contributed by atoms with Crippen molar-refractivity contribution in [1.29, 1.82) is 0 Å². The molecule has 4 rings (SSSR count). The summed E-state index contributed by atoms with van der Waals surface area (Å²) >= 11 is 0. The summed E-state index contributed by atoms with van der Waals surface area (Å²) in [4.78, 5) is 30.0. The minimum absolute atomic E-state index is 0.117. The summed E-state index contributed by atoms with van der Waals surface area (Å²) < 4.78 is 5.41.